The monoisotopic (exact) mass is 1130 g/mol. The number of aliphatic hydroxyl groups excluding tert-OH is 1. The summed E-state index contributed by atoms with van der Waals surface area (Å²) in [6, 6.07) is 6.97. The molecule has 5 heterocycles. The predicted octanol–water partition coefficient (Wildman–Crippen LogP) is 6.89. The average Bonchev–Trinajstić information content (AvgIpc) is 4.20. The molecule has 2 aromatic heterocycles. The van der Waals surface area contributed by atoms with Gasteiger partial charge < -0.3 is 40.2 Å². The quantitative estimate of drug-likeness (QED) is 0.0453. The molecule has 4 amide bonds. The first-order valence-electron chi connectivity index (χ1n) is 24.9. The van der Waals surface area contributed by atoms with Crippen molar-refractivity contribution in [1.82, 2.24) is 46.0 Å². The minimum atomic E-state index is -5.23. The zero-order chi connectivity index (χ0) is 57.9. The number of benzene rings is 2. The lowest BCUT2D eigenvalue weighted by Crippen LogP contribution is -2.63. The van der Waals surface area contributed by atoms with Gasteiger partial charge in [0.1, 0.15) is 29.5 Å². The largest absolute Gasteiger partial charge is 0.453 e. The number of hydrazine groups is 1. The molecular weight excluding hydrogens is 1070 g/mol. The Hall–Kier alpha value is -6.78. The summed E-state index contributed by atoms with van der Waals surface area (Å²) in [4.78, 5) is 62.5. The van der Waals surface area contributed by atoms with E-state index in [1.807, 2.05) is 22.9 Å². The Morgan fingerprint density at radius 1 is 0.759 bits per heavy atom. The zero-order valence-corrected chi connectivity index (χ0v) is 43.6. The van der Waals surface area contributed by atoms with Crippen molar-refractivity contribution in [3.05, 3.63) is 89.8 Å². The summed E-state index contributed by atoms with van der Waals surface area (Å²) in [5, 5.41) is 22.2. The molecule has 3 aliphatic rings. The number of anilines is 1. The van der Waals surface area contributed by atoms with E-state index in [2.05, 4.69) is 29.7 Å². The number of piperazine rings is 1. The Bertz CT molecular complexity index is 2760. The number of amides is 4. The summed E-state index contributed by atoms with van der Waals surface area (Å²) in [7, 11) is 1.61. The standard InChI is InChI=1S/C51H60F10N10O8/c1-48(2,50(56,57)58)41(64-46(75)77-5)43(73)63-38(17-27-7-9-28(10-8-27)29-11-14-40(62-20-29)68-21-31-12-13-32(22-68)71(31)33-25-79-26-33)39(72)24-69(67-44(74)42(65-47(76)78-6)49(3,4)51(59,60)61)23-34-35(52)18-30(19-36(34)53)37-15-16-70(66-37)45(54)55/h7-11,14-16,18-20,31-33,38-39,41-42,45,72H,12-13,17,21-26H2,1-6H3,(H,63,73)(H,64,75)(H,65,76)(H,67,74)/t31?,32?,38-,39-,41+,42+/m0/s1. The molecule has 2 aromatic carbocycles. The topological polar surface area (TPSA) is 205 Å². The van der Waals surface area contributed by atoms with Crippen molar-refractivity contribution in [1.29, 1.82) is 0 Å². The van der Waals surface area contributed by atoms with Crippen molar-refractivity contribution in [3.63, 3.8) is 0 Å². The lowest BCUT2D eigenvalue weighted by molar-refractivity contribution is -0.221. The van der Waals surface area contributed by atoms with E-state index < -0.39 is 115 Å². The fourth-order valence-electron chi connectivity index (χ4n) is 9.74. The van der Waals surface area contributed by atoms with Crippen molar-refractivity contribution in [2.24, 2.45) is 10.8 Å². The van der Waals surface area contributed by atoms with Crippen LogP contribution >= 0.6 is 0 Å². The molecule has 0 radical (unpaired) electrons. The van der Waals surface area contributed by atoms with Gasteiger partial charge in [-0.25, -0.2) is 33.0 Å². The van der Waals surface area contributed by atoms with Gasteiger partial charge in [-0.1, -0.05) is 24.3 Å². The number of nitrogens with one attached hydrogen (secondary N) is 4. The highest BCUT2D eigenvalue weighted by molar-refractivity contribution is 5.87. The van der Waals surface area contributed by atoms with Gasteiger partial charge in [-0.2, -0.15) is 40.2 Å². The summed E-state index contributed by atoms with van der Waals surface area (Å²) in [6.45, 7) is -0.0119. The summed E-state index contributed by atoms with van der Waals surface area (Å²) >= 11 is 0. The van der Waals surface area contributed by atoms with E-state index in [-0.39, 0.29) is 15.9 Å². The van der Waals surface area contributed by atoms with Crippen molar-refractivity contribution in [3.8, 4) is 22.4 Å². The first kappa shape index (κ1) is 59.9. The Balaban J connectivity index is 1.20. The fourth-order valence-corrected chi connectivity index (χ4v) is 9.74. The molecule has 3 saturated heterocycles. The third-order valence-electron chi connectivity index (χ3n) is 14.8. The number of carbonyl (C=O) groups excluding carboxylic acids is 4. The van der Waals surface area contributed by atoms with Crippen LogP contribution in [0.3, 0.4) is 0 Å². The smallest absolute Gasteiger partial charge is 0.407 e. The molecule has 0 saturated carbocycles. The van der Waals surface area contributed by atoms with E-state index in [4.69, 9.17) is 9.72 Å². The molecule has 2 bridgehead atoms. The van der Waals surface area contributed by atoms with Crippen molar-refractivity contribution in [2.45, 2.75) is 115 Å². The normalized spacial score (nSPS) is 18.8. The number of pyridine rings is 1. The number of ether oxygens (including phenoxy) is 3. The van der Waals surface area contributed by atoms with Crippen LogP contribution in [-0.4, -0.2) is 156 Å². The number of fused-ring (bicyclic) bond motifs is 2. The van der Waals surface area contributed by atoms with Gasteiger partial charge in [0.15, 0.2) is 0 Å². The van der Waals surface area contributed by atoms with E-state index in [0.29, 0.717) is 79.7 Å². The van der Waals surface area contributed by atoms with Gasteiger partial charge in [0, 0.05) is 67.3 Å². The average molecular weight is 1130 g/mol. The molecule has 5 N–H and O–H groups in total. The second kappa shape index (κ2) is 23.9. The Morgan fingerprint density at radius 3 is 1.77 bits per heavy atom. The maximum atomic E-state index is 16.1. The number of hydrogen-bond donors (Lipinski definition) is 5. The number of hydrogen-bond acceptors (Lipinski definition) is 13. The van der Waals surface area contributed by atoms with Crippen LogP contribution in [0.4, 0.5) is 59.3 Å². The van der Waals surface area contributed by atoms with Gasteiger partial charge in [-0.15, -0.1) is 0 Å². The number of carbonyl (C=O) groups is 4. The molecule has 4 aromatic rings. The van der Waals surface area contributed by atoms with Crippen molar-refractivity contribution < 1.29 is 82.4 Å². The van der Waals surface area contributed by atoms with Gasteiger partial charge in [-0.3, -0.25) is 19.9 Å². The SMILES string of the molecule is COC(=O)N[C@H](C(=O)N[C@@H](Cc1ccc(-c2ccc(N3CC4CCC(C3)N4C3COC3)nc2)cc1)[C@@H](O)CN(Cc1c(F)cc(-c2ccn(C(F)F)n2)cc1F)NC(=O)[C@@H](NC(=O)OC)C(C)(C)C(F)(F)F)C(C)(C)C(F)(F)F. The second-order valence-corrected chi connectivity index (χ2v) is 20.7. The minimum absolute atomic E-state index is 0.203. The molecule has 3 aliphatic heterocycles. The number of alkyl carbamates (subject to hydrolysis) is 2. The summed E-state index contributed by atoms with van der Waals surface area (Å²) in [5.74, 6) is -5.26. The van der Waals surface area contributed by atoms with E-state index in [1.54, 1.807) is 35.8 Å². The lowest BCUT2D eigenvalue weighted by atomic mass is 9.82. The van der Waals surface area contributed by atoms with Gasteiger partial charge in [-0.05, 0) is 88.4 Å². The Morgan fingerprint density at radius 2 is 1.30 bits per heavy atom. The minimum Gasteiger partial charge on any atom is -0.453 e. The third-order valence-corrected chi connectivity index (χ3v) is 14.8. The summed E-state index contributed by atoms with van der Waals surface area (Å²) in [5.41, 5.74) is -4.04. The van der Waals surface area contributed by atoms with Gasteiger partial charge >= 0.3 is 31.1 Å². The maximum Gasteiger partial charge on any atom is 0.407 e. The lowest BCUT2D eigenvalue weighted by Gasteiger charge is -2.48. The molecule has 28 heteroatoms. The number of alkyl halides is 8. The van der Waals surface area contributed by atoms with Gasteiger partial charge in [0.2, 0.25) is 5.91 Å². The Kier molecular flexibility index (Phi) is 18.1. The highest BCUT2D eigenvalue weighted by Crippen LogP contribution is 2.42. The van der Waals surface area contributed by atoms with E-state index in [9.17, 15) is 59.4 Å². The van der Waals surface area contributed by atoms with Crippen molar-refractivity contribution in [2.75, 3.05) is 52.0 Å². The van der Waals surface area contributed by atoms with E-state index in [0.717, 1.165) is 71.4 Å². The highest BCUT2D eigenvalue weighted by Gasteiger charge is 2.57. The summed E-state index contributed by atoms with van der Waals surface area (Å²) < 4.78 is 161. The van der Waals surface area contributed by atoms with Crippen LogP contribution in [0.15, 0.2) is 67.0 Å². The number of methoxy groups -OCH3 is 2. The number of rotatable bonds is 20. The van der Waals surface area contributed by atoms with E-state index in [1.165, 1.54) is 0 Å². The first-order chi connectivity index (χ1) is 37.0. The second-order valence-electron chi connectivity index (χ2n) is 20.7. The Labute approximate surface area is 447 Å². The molecule has 3 fully saturated rings. The molecule has 0 spiro atoms. The van der Waals surface area contributed by atoms with Gasteiger partial charge in [0.05, 0.1) is 62.1 Å². The van der Waals surface area contributed by atoms with Crippen LogP contribution in [0.2, 0.25) is 0 Å². The van der Waals surface area contributed by atoms with Crippen molar-refractivity contribution >= 4 is 29.8 Å². The molecule has 0 aliphatic carbocycles. The molecule has 6 atom stereocenters. The fraction of sp³-hybridized carbons (Fsp3) is 0.529. The molecule has 18 nitrogen and oxygen atoms in total. The third kappa shape index (κ3) is 13.5. The number of aliphatic hydroxyl groups is 1. The predicted molar refractivity (Wildman–Crippen MR) is 262 cm³/mol. The highest BCUT2D eigenvalue weighted by atomic mass is 19.4. The maximum absolute atomic E-state index is 16.1. The van der Waals surface area contributed by atoms with Gasteiger partial charge in [0.25, 0.3) is 5.91 Å². The molecule has 7 rings (SSSR count). The molecular formula is C51H60F10N10O8. The van der Waals surface area contributed by atoms with Crippen LogP contribution in [0.1, 0.15) is 58.2 Å². The molecule has 432 valence electrons. The molecule has 79 heavy (non-hydrogen) atoms. The van der Waals surface area contributed by atoms with Crippen LogP contribution in [0, 0.1) is 22.5 Å². The van der Waals surface area contributed by atoms with Crippen LogP contribution < -0.4 is 26.3 Å². The zero-order valence-electron chi connectivity index (χ0n) is 43.6. The number of aromatic nitrogens is 3. The van der Waals surface area contributed by atoms with Crippen LogP contribution in [0.25, 0.3) is 22.4 Å². The van der Waals surface area contributed by atoms with Crippen LogP contribution in [0.5, 0.6) is 0 Å². The first-order valence-corrected chi connectivity index (χ1v) is 24.9. The number of nitrogens with zero attached hydrogens (tertiary/aromatic N) is 6. The van der Waals surface area contributed by atoms with Crippen LogP contribution in [-0.2, 0) is 36.8 Å². The van der Waals surface area contributed by atoms with E-state index >= 15 is 8.78 Å². The molecule has 2 unspecified atom stereocenters. The number of halogens is 10. The summed E-state index contributed by atoms with van der Waals surface area (Å²) in [6.07, 6.45) is -11.3.